The van der Waals surface area contributed by atoms with Crippen molar-refractivity contribution in [2.75, 3.05) is 13.2 Å². The van der Waals surface area contributed by atoms with E-state index in [1.807, 2.05) is 0 Å². The smallest absolute Gasteiger partial charge is 0.306 e. The van der Waals surface area contributed by atoms with Crippen LogP contribution < -0.4 is 0 Å². The first-order valence-corrected chi connectivity index (χ1v) is 31.9. The summed E-state index contributed by atoms with van der Waals surface area (Å²) in [6.45, 7) is 6.50. The number of carbonyl (C=O) groups excluding carboxylic acids is 3. The number of unbranched alkanes of at least 4 members (excludes halogenated alkanes) is 28. The number of allylic oxidation sites excluding steroid dienone is 18. The number of esters is 3. The molecule has 0 saturated carbocycles. The Morgan fingerprint density at radius 1 is 0.276 bits per heavy atom. The third kappa shape index (κ3) is 60.9. The number of carbonyl (C=O) groups is 3. The Bertz CT molecular complexity index is 1540. The van der Waals surface area contributed by atoms with Crippen LogP contribution in [0.25, 0.3) is 0 Å². The van der Waals surface area contributed by atoms with E-state index >= 15 is 0 Å². The second-order valence-corrected chi connectivity index (χ2v) is 20.9. The van der Waals surface area contributed by atoms with E-state index in [4.69, 9.17) is 14.2 Å². The summed E-state index contributed by atoms with van der Waals surface area (Å²) < 4.78 is 16.9. The molecular weight excluding hydrogens is 937 g/mol. The van der Waals surface area contributed by atoms with E-state index in [0.29, 0.717) is 19.3 Å². The largest absolute Gasteiger partial charge is 0.462 e. The van der Waals surface area contributed by atoms with Crippen molar-refractivity contribution in [2.45, 2.75) is 303 Å². The first kappa shape index (κ1) is 72.1. The molecule has 0 heterocycles. The first-order chi connectivity index (χ1) is 37.5. The van der Waals surface area contributed by atoms with Crippen molar-refractivity contribution < 1.29 is 28.6 Å². The molecule has 0 bridgehead atoms. The predicted molar refractivity (Wildman–Crippen MR) is 330 cm³/mol. The second kappa shape index (κ2) is 63.6. The molecule has 0 N–H and O–H groups in total. The molecule has 0 aliphatic carbocycles. The first-order valence-electron chi connectivity index (χ1n) is 31.9. The van der Waals surface area contributed by atoms with Gasteiger partial charge >= 0.3 is 17.9 Å². The quantitative estimate of drug-likeness (QED) is 0.0261. The molecule has 0 rings (SSSR count). The molecule has 0 aromatic heterocycles. The maximum absolute atomic E-state index is 12.9. The highest BCUT2D eigenvalue weighted by Gasteiger charge is 2.19. The highest BCUT2D eigenvalue weighted by molar-refractivity contribution is 5.71. The summed E-state index contributed by atoms with van der Waals surface area (Å²) in [5, 5.41) is 0. The van der Waals surface area contributed by atoms with Gasteiger partial charge in [0.25, 0.3) is 0 Å². The molecule has 0 aliphatic rings. The van der Waals surface area contributed by atoms with Crippen LogP contribution in [0.1, 0.15) is 297 Å². The lowest BCUT2D eigenvalue weighted by molar-refractivity contribution is -0.167. The Labute approximate surface area is 470 Å². The molecule has 0 amide bonds. The topological polar surface area (TPSA) is 78.9 Å². The van der Waals surface area contributed by atoms with Gasteiger partial charge < -0.3 is 14.2 Å². The third-order valence-corrected chi connectivity index (χ3v) is 13.5. The Morgan fingerprint density at radius 3 is 0.829 bits per heavy atom. The van der Waals surface area contributed by atoms with E-state index in [2.05, 4.69) is 130 Å². The standard InChI is InChI=1S/C70H118O6/c1-4-7-10-13-16-19-22-25-28-30-32-33-34-35-36-37-38-40-42-45-48-51-54-57-60-63-69(72)75-66-67(65-74-68(71)62-59-56-53-50-47-44-41-27-24-21-18-15-12-9-6-3)76-70(73)64-61-58-55-52-49-46-43-39-31-29-26-23-20-17-14-11-8-5-2/h7,10,16,19-20,23,25,28-29,31-33,35-36,38,40,45,48,67H,4-6,8-9,11-15,17-18,21-22,24,26-27,30,34,37,39,41-44,46-47,49-66H2,1-3H3/b10-7-,19-16-,23-20-,28-25-,31-29-,33-32-,36-35-,40-38-,48-45-. The molecule has 0 aromatic carbocycles. The molecule has 0 radical (unpaired) electrons. The van der Waals surface area contributed by atoms with Crippen LogP contribution in [0.2, 0.25) is 0 Å². The summed E-state index contributed by atoms with van der Waals surface area (Å²) in [6, 6.07) is 0. The Hall–Kier alpha value is -3.93. The molecule has 0 spiro atoms. The summed E-state index contributed by atoms with van der Waals surface area (Å²) in [5.41, 5.74) is 0. The minimum atomic E-state index is -0.798. The van der Waals surface area contributed by atoms with Crippen molar-refractivity contribution in [1.82, 2.24) is 0 Å². The van der Waals surface area contributed by atoms with Crippen LogP contribution in [-0.2, 0) is 28.6 Å². The van der Waals surface area contributed by atoms with Crippen LogP contribution in [-0.4, -0.2) is 37.2 Å². The maximum atomic E-state index is 12.9. The Kier molecular flexibility index (Phi) is 60.3. The normalized spacial score (nSPS) is 12.8. The maximum Gasteiger partial charge on any atom is 0.306 e. The summed E-state index contributed by atoms with van der Waals surface area (Å²) in [6.07, 6.45) is 86.5. The van der Waals surface area contributed by atoms with Gasteiger partial charge in [-0.15, -0.1) is 0 Å². The fourth-order valence-corrected chi connectivity index (χ4v) is 8.75. The summed E-state index contributed by atoms with van der Waals surface area (Å²) in [4.78, 5) is 38.3. The molecule has 0 saturated heterocycles. The zero-order valence-corrected chi connectivity index (χ0v) is 49.7. The number of ether oxygens (including phenoxy) is 3. The minimum absolute atomic E-state index is 0.0908. The lowest BCUT2D eigenvalue weighted by atomic mass is 10.0. The average molecular weight is 1060 g/mol. The van der Waals surface area contributed by atoms with E-state index < -0.39 is 6.10 Å². The number of rotatable bonds is 57. The number of hydrogen-bond donors (Lipinski definition) is 0. The molecule has 6 nitrogen and oxygen atoms in total. The lowest BCUT2D eigenvalue weighted by Crippen LogP contribution is -2.30. The van der Waals surface area contributed by atoms with Gasteiger partial charge in [-0.3, -0.25) is 14.4 Å². The fourth-order valence-electron chi connectivity index (χ4n) is 8.75. The van der Waals surface area contributed by atoms with Crippen molar-refractivity contribution in [3.8, 4) is 0 Å². The van der Waals surface area contributed by atoms with Gasteiger partial charge in [0.1, 0.15) is 13.2 Å². The molecule has 434 valence electrons. The highest BCUT2D eigenvalue weighted by atomic mass is 16.6. The van der Waals surface area contributed by atoms with Gasteiger partial charge in [-0.05, 0) is 109 Å². The van der Waals surface area contributed by atoms with Gasteiger partial charge in [0, 0.05) is 19.3 Å². The van der Waals surface area contributed by atoms with Gasteiger partial charge in [-0.1, -0.05) is 278 Å². The van der Waals surface area contributed by atoms with Crippen molar-refractivity contribution in [3.63, 3.8) is 0 Å². The minimum Gasteiger partial charge on any atom is -0.462 e. The van der Waals surface area contributed by atoms with E-state index in [9.17, 15) is 14.4 Å². The van der Waals surface area contributed by atoms with Crippen LogP contribution in [0, 0.1) is 0 Å². The summed E-state index contributed by atoms with van der Waals surface area (Å²) >= 11 is 0. The van der Waals surface area contributed by atoms with Gasteiger partial charge in [-0.25, -0.2) is 0 Å². The summed E-state index contributed by atoms with van der Waals surface area (Å²) in [5.74, 6) is -0.924. The zero-order valence-electron chi connectivity index (χ0n) is 49.7. The van der Waals surface area contributed by atoms with Crippen LogP contribution in [0.15, 0.2) is 109 Å². The molecule has 1 unspecified atom stereocenters. The SMILES string of the molecule is CC/C=C\C/C=C\C/C=C\C/C=C\C/C=C\C/C=C\C/C=C\CCCCCC(=O)OCC(COC(=O)CCCCCCCCCCCCCCCCC)OC(=O)CCCCCCCCC/C=C\C/C=C\CCCCCC. The third-order valence-electron chi connectivity index (χ3n) is 13.5. The van der Waals surface area contributed by atoms with Gasteiger partial charge in [0.15, 0.2) is 6.10 Å². The van der Waals surface area contributed by atoms with Crippen LogP contribution in [0.5, 0.6) is 0 Å². The molecule has 0 aromatic rings. The second-order valence-electron chi connectivity index (χ2n) is 20.9. The number of hydrogen-bond acceptors (Lipinski definition) is 6. The van der Waals surface area contributed by atoms with Crippen molar-refractivity contribution in [3.05, 3.63) is 109 Å². The van der Waals surface area contributed by atoms with Gasteiger partial charge in [-0.2, -0.15) is 0 Å². The predicted octanol–water partition coefficient (Wildman–Crippen LogP) is 21.8. The fraction of sp³-hybridized carbons (Fsp3) is 0.700. The molecule has 1 atom stereocenters. The van der Waals surface area contributed by atoms with E-state index in [-0.39, 0.29) is 31.1 Å². The molecular formula is C70H118O6. The van der Waals surface area contributed by atoms with Crippen molar-refractivity contribution >= 4 is 17.9 Å². The van der Waals surface area contributed by atoms with Crippen LogP contribution in [0.4, 0.5) is 0 Å². The van der Waals surface area contributed by atoms with Gasteiger partial charge in [0.2, 0.25) is 0 Å². The highest BCUT2D eigenvalue weighted by Crippen LogP contribution is 2.16. The van der Waals surface area contributed by atoms with E-state index in [1.54, 1.807) is 0 Å². The molecule has 76 heavy (non-hydrogen) atoms. The summed E-state index contributed by atoms with van der Waals surface area (Å²) in [7, 11) is 0. The van der Waals surface area contributed by atoms with Crippen molar-refractivity contribution in [2.24, 2.45) is 0 Å². The van der Waals surface area contributed by atoms with Crippen LogP contribution >= 0.6 is 0 Å². The monoisotopic (exact) mass is 1050 g/mol. The van der Waals surface area contributed by atoms with Gasteiger partial charge in [0.05, 0.1) is 0 Å². The Balaban J connectivity index is 4.44. The van der Waals surface area contributed by atoms with E-state index in [0.717, 1.165) is 122 Å². The van der Waals surface area contributed by atoms with Crippen LogP contribution in [0.3, 0.4) is 0 Å². The molecule has 6 heteroatoms. The lowest BCUT2D eigenvalue weighted by Gasteiger charge is -2.18. The zero-order chi connectivity index (χ0) is 55.0. The molecule has 0 fully saturated rings. The average Bonchev–Trinajstić information content (AvgIpc) is 3.42. The molecule has 0 aliphatic heterocycles. The Morgan fingerprint density at radius 2 is 0.513 bits per heavy atom. The van der Waals surface area contributed by atoms with E-state index in [1.165, 1.54) is 135 Å². The van der Waals surface area contributed by atoms with Crippen molar-refractivity contribution in [1.29, 1.82) is 0 Å².